The number of anilines is 2. The summed E-state index contributed by atoms with van der Waals surface area (Å²) in [5.41, 5.74) is 2.54. The van der Waals surface area contributed by atoms with Crippen LogP contribution >= 0.6 is 11.3 Å². The molecular formula is C14H19N3S. The maximum absolute atomic E-state index is 4.46. The number of nitrogens with one attached hydrogen (secondary N) is 1. The normalized spacial score (nSPS) is 10.6. The predicted octanol–water partition coefficient (Wildman–Crippen LogP) is 3.19. The Balaban J connectivity index is 2.15. The molecule has 0 unspecified atom stereocenters. The second-order valence-corrected chi connectivity index (χ2v) is 5.31. The van der Waals surface area contributed by atoms with Gasteiger partial charge >= 0.3 is 0 Å². The maximum Gasteiger partial charge on any atom is 0.189 e. The third-order valence-corrected chi connectivity index (χ3v) is 3.98. The highest BCUT2D eigenvalue weighted by molar-refractivity contribution is 7.15. The Kier molecular flexibility index (Phi) is 4.33. The van der Waals surface area contributed by atoms with E-state index in [0.717, 1.165) is 18.1 Å². The first-order valence-electron chi connectivity index (χ1n) is 6.16. The van der Waals surface area contributed by atoms with Gasteiger partial charge in [-0.15, -0.1) is 11.3 Å². The topological polar surface area (TPSA) is 28.2 Å². The zero-order valence-corrected chi connectivity index (χ0v) is 11.9. The quantitative estimate of drug-likeness (QED) is 0.896. The van der Waals surface area contributed by atoms with Crippen LogP contribution < -0.4 is 10.2 Å². The lowest BCUT2D eigenvalue weighted by Gasteiger charge is -2.16. The van der Waals surface area contributed by atoms with Gasteiger partial charge in [-0.05, 0) is 31.2 Å². The fourth-order valence-corrected chi connectivity index (χ4v) is 2.68. The number of hydrogen-bond acceptors (Lipinski definition) is 4. The molecule has 0 radical (unpaired) electrons. The van der Waals surface area contributed by atoms with Crippen molar-refractivity contribution in [2.24, 2.45) is 0 Å². The van der Waals surface area contributed by atoms with Gasteiger partial charge in [0.25, 0.3) is 0 Å². The van der Waals surface area contributed by atoms with E-state index < -0.39 is 0 Å². The molecular weight excluding hydrogens is 242 g/mol. The van der Waals surface area contributed by atoms with E-state index in [1.165, 1.54) is 16.1 Å². The molecule has 1 heterocycles. The summed E-state index contributed by atoms with van der Waals surface area (Å²) in [6, 6.07) is 8.65. The molecule has 1 aromatic carbocycles. The highest BCUT2D eigenvalue weighted by atomic mass is 32.1. The first-order valence-corrected chi connectivity index (χ1v) is 6.98. The van der Waals surface area contributed by atoms with E-state index in [1.54, 1.807) is 11.3 Å². The number of aryl methyl sites for hydroxylation is 1. The van der Waals surface area contributed by atoms with Crippen molar-refractivity contribution in [3.63, 3.8) is 0 Å². The molecule has 0 aliphatic rings. The van der Waals surface area contributed by atoms with Crippen molar-refractivity contribution in [3.05, 3.63) is 40.9 Å². The van der Waals surface area contributed by atoms with Gasteiger partial charge in [-0.2, -0.15) is 0 Å². The Hall–Kier alpha value is -1.39. The Morgan fingerprint density at radius 3 is 2.61 bits per heavy atom. The number of thiazole rings is 1. The molecule has 0 amide bonds. The summed E-state index contributed by atoms with van der Waals surface area (Å²) in [7, 11) is 4.01. The lowest BCUT2D eigenvalue weighted by atomic mass is 10.1. The standard InChI is InChI=1S/C14H19N3S/c1-4-11-5-7-12(8-6-11)17(3)14-16-10-13(18-14)9-15-2/h5-8,10,15H,4,9H2,1-3H3. The van der Waals surface area contributed by atoms with Gasteiger partial charge in [-0.25, -0.2) is 4.98 Å². The van der Waals surface area contributed by atoms with Gasteiger partial charge in [0, 0.05) is 30.4 Å². The molecule has 96 valence electrons. The first-order chi connectivity index (χ1) is 8.74. The van der Waals surface area contributed by atoms with Gasteiger partial charge in [0.15, 0.2) is 5.13 Å². The van der Waals surface area contributed by atoms with Crippen molar-refractivity contribution in [1.29, 1.82) is 0 Å². The van der Waals surface area contributed by atoms with Crippen LogP contribution in [0, 0.1) is 0 Å². The molecule has 0 saturated carbocycles. The second-order valence-electron chi connectivity index (χ2n) is 4.22. The van der Waals surface area contributed by atoms with Gasteiger partial charge in [0.05, 0.1) is 0 Å². The average molecular weight is 261 g/mol. The van der Waals surface area contributed by atoms with Gasteiger partial charge in [0.2, 0.25) is 0 Å². The lowest BCUT2D eigenvalue weighted by molar-refractivity contribution is 0.829. The monoisotopic (exact) mass is 261 g/mol. The minimum Gasteiger partial charge on any atom is -0.321 e. The molecule has 0 aliphatic heterocycles. The number of benzene rings is 1. The summed E-state index contributed by atoms with van der Waals surface area (Å²) in [5.74, 6) is 0. The smallest absolute Gasteiger partial charge is 0.189 e. The van der Waals surface area contributed by atoms with Crippen LogP contribution in [0.15, 0.2) is 30.5 Å². The number of nitrogens with zero attached hydrogens (tertiary/aromatic N) is 2. The van der Waals surface area contributed by atoms with E-state index in [1.807, 2.05) is 13.2 Å². The molecule has 0 atom stereocenters. The van der Waals surface area contributed by atoms with Crippen LogP contribution in [-0.2, 0) is 13.0 Å². The van der Waals surface area contributed by atoms with Crippen molar-refractivity contribution in [2.75, 3.05) is 19.0 Å². The molecule has 1 aromatic heterocycles. The highest BCUT2D eigenvalue weighted by Crippen LogP contribution is 2.28. The van der Waals surface area contributed by atoms with Gasteiger partial charge in [-0.3, -0.25) is 0 Å². The van der Waals surface area contributed by atoms with Crippen LogP contribution in [0.4, 0.5) is 10.8 Å². The van der Waals surface area contributed by atoms with Gasteiger partial charge in [-0.1, -0.05) is 19.1 Å². The van der Waals surface area contributed by atoms with Crippen molar-refractivity contribution in [2.45, 2.75) is 19.9 Å². The molecule has 0 saturated heterocycles. The minimum absolute atomic E-state index is 0.875. The van der Waals surface area contributed by atoms with Crippen molar-refractivity contribution in [3.8, 4) is 0 Å². The summed E-state index contributed by atoms with van der Waals surface area (Å²) in [6.07, 6.45) is 3.01. The summed E-state index contributed by atoms with van der Waals surface area (Å²) >= 11 is 1.72. The van der Waals surface area contributed by atoms with Crippen LogP contribution in [0.5, 0.6) is 0 Å². The molecule has 0 bridgehead atoms. The van der Waals surface area contributed by atoms with E-state index in [2.05, 4.69) is 53.4 Å². The molecule has 0 aliphatic carbocycles. The molecule has 2 rings (SSSR count). The molecule has 2 aromatic rings. The molecule has 0 fully saturated rings. The van der Waals surface area contributed by atoms with Gasteiger partial charge < -0.3 is 10.2 Å². The van der Waals surface area contributed by atoms with Crippen molar-refractivity contribution >= 4 is 22.2 Å². The fraction of sp³-hybridized carbons (Fsp3) is 0.357. The van der Waals surface area contributed by atoms with Crippen molar-refractivity contribution < 1.29 is 0 Å². The van der Waals surface area contributed by atoms with Crippen LogP contribution in [0.3, 0.4) is 0 Å². The van der Waals surface area contributed by atoms with E-state index in [0.29, 0.717) is 0 Å². The van der Waals surface area contributed by atoms with Crippen LogP contribution in [0.1, 0.15) is 17.4 Å². The zero-order chi connectivity index (χ0) is 13.0. The summed E-state index contributed by atoms with van der Waals surface area (Å²) < 4.78 is 0. The number of hydrogen-bond donors (Lipinski definition) is 1. The summed E-state index contributed by atoms with van der Waals surface area (Å²) in [6.45, 7) is 3.05. The Morgan fingerprint density at radius 1 is 1.28 bits per heavy atom. The van der Waals surface area contributed by atoms with Crippen molar-refractivity contribution in [1.82, 2.24) is 10.3 Å². The average Bonchev–Trinajstić information content (AvgIpc) is 2.87. The van der Waals surface area contributed by atoms with E-state index in [4.69, 9.17) is 0 Å². The second kappa shape index (κ2) is 5.98. The molecule has 1 N–H and O–H groups in total. The number of rotatable bonds is 5. The first kappa shape index (κ1) is 13.1. The predicted molar refractivity (Wildman–Crippen MR) is 78.8 cm³/mol. The van der Waals surface area contributed by atoms with E-state index >= 15 is 0 Å². The molecule has 4 heteroatoms. The number of aromatic nitrogens is 1. The zero-order valence-electron chi connectivity index (χ0n) is 11.1. The SMILES string of the molecule is CCc1ccc(N(C)c2ncc(CNC)s2)cc1. The van der Waals surface area contributed by atoms with Gasteiger partial charge in [0.1, 0.15) is 0 Å². The Bertz CT molecular complexity index is 490. The maximum atomic E-state index is 4.46. The van der Waals surface area contributed by atoms with E-state index in [-0.39, 0.29) is 0 Å². The largest absolute Gasteiger partial charge is 0.321 e. The van der Waals surface area contributed by atoms with Crippen LogP contribution in [0.25, 0.3) is 0 Å². The third-order valence-electron chi connectivity index (χ3n) is 2.91. The Labute approximate surface area is 112 Å². The molecule has 0 spiro atoms. The fourth-order valence-electron chi connectivity index (χ4n) is 1.77. The van der Waals surface area contributed by atoms with Crippen LogP contribution in [0.2, 0.25) is 0 Å². The summed E-state index contributed by atoms with van der Waals surface area (Å²) in [4.78, 5) is 7.84. The molecule has 18 heavy (non-hydrogen) atoms. The minimum atomic E-state index is 0.875. The molecule has 3 nitrogen and oxygen atoms in total. The highest BCUT2D eigenvalue weighted by Gasteiger charge is 2.08. The van der Waals surface area contributed by atoms with Crippen LogP contribution in [-0.4, -0.2) is 19.1 Å². The summed E-state index contributed by atoms with van der Waals surface area (Å²) in [5, 5.41) is 4.17. The van der Waals surface area contributed by atoms with E-state index in [9.17, 15) is 0 Å². The Morgan fingerprint density at radius 2 is 2.00 bits per heavy atom. The third kappa shape index (κ3) is 2.89. The lowest BCUT2D eigenvalue weighted by Crippen LogP contribution is -2.08.